The molecule has 0 aromatic heterocycles. The van der Waals surface area contributed by atoms with Crippen molar-refractivity contribution >= 4 is 11.5 Å². The maximum absolute atomic E-state index is 13.0. The summed E-state index contributed by atoms with van der Waals surface area (Å²) < 4.78 is 39.1. The molecule has 0 amide bonds. The van der Waals surface area contributed by atoms with Gasteiger partial charge in [0.1, 0.15) is 0 Å². The molecule has 0 radical (unpaired) electrons. The average molecular weight is 327 g/mol. The van der Waals surface area contributed by atoms with Crippen LogP contribution in [0.5, 0.6) is 0 Å². The van der Waals surface area contributed by atoms with E-state index in [4.69, 9.17) is 0 Å². The Balaban J connectivity index is 2.37. The second-order valence-electron chi connectivity index (χ2n) is 6.55. The molecule has 0 bridgehead atoms. The van der Waals surface area contributed by atoms with Crippen LogP contribution in [0.1, 0.15) is 56.0 Å². The van der Waals surface area contributed by atoms with Crippen molar-refractivity contribution in [3.63, 3.8) is 0 Å². The van der Waals surface area contributed by atoms with Crippen LogP contribution in [0, 0.1) is 11.8 Å². The van der Waals surface area contributed by atoms with Crippen molar-refractivity contribution < 1.29 is 18.0 Å². The van der Waals surface area contributed by atoms with E-state index in [1.165, 1.54) is 13.0 Å². The molecule has 5 heteroatoms. The molecule has 2 unspecified atom stereocenters. The smallest absolute Gasteiger partial charge is 0.371 e. The molecule has 128 valence electrons. The average Bonchev–Trinajstić information content (AvgIpc) is 2.48. The fourth-order valence-corrected chi connectivity index (χ4v) is 3.38. The molecular formula is C18H24F3NO. The number of anilines is 1. The number of rotatable bonds is 4. The number of halogens is 3. The van der Waals surface area contributed by atoms with Gasteiger partial charge in [-0.05, 0) is 49.8 Å². The molecule has 0 N–H and O–H groups in total. The van der Waals surface area contributed by atoms with E-state index >= 15 is 0 Å². The molecule has 0 spiro atoms. The molecule has 2 rings (SSSR count). The molecule has 1 saturated heterocycles. The maximum atomic E-state index is 13.0. The third-order valence-corrected chi connectivity index (χ3v) is 4.82. The van der Waals surface area contributed by atoms with Crippen LogP contribution < -0.4 is 4.90 Å². The second kappa shape index (κ2) is 6.93. The summed E-state index contributed by atoms with van der Waals surface area (Å²) >= 11 is 0. The van der Waals surface area contributed by atoms with Crippen LogP contribution in [0.25, 0.3) is 0 Å². The summed E-state index contributed by atoms with van der Waals surface area (Å²) in [7, 11) is 0. The zero-order chi connectivity index (χ0) is 17.2. The first-order chi connectivity index (χ1) is 10.7. The number of carbonyl (C=O) groups excluding carboxylic acids is 1. The Bertz CT molecular complexity index is 568. The summed E-state index contributed by atoms with van der Waals surface area (Å²) in [5, 5.41) is 0. The molecule has 2 atom stereocenters. The minimum Gasteiger partial charge on any atom is -0.371 e. The fraction of sp³-hybridized carbons (Fsp3) is 0.611. The van der Waals surface area contributed by atoms with Crippen LogP contribution in [0.4, 0.5) is 18.9 Å². The molecule has 2 nitrogen and oxygen atoms in total. The molecule has 0 aliphatic carbocycles. The van der Waals surface area contributed by atoms with Crippen LogP contribution >= 0.6 is 0 Å². The lowest BCUT2D eigenvalue weighted by Crippen LogP contribution is -2.40. The third-order valence-electron chi connectivity index (χ3n) is 4.82. The van der Waals surface area contributed by atoms with Crippen molar-refractivity contribution in [2.24, 2.45) is 11.8 Å². The Hall–Kier alpha value is -1.52. The highest BCUT2D eigenvalue weighted by atomic mass is 19.4. The van der Waals surface area contributed by atoms with E-state index in [-0.39, 0.29) is 5.78 Å². The van der Waals surface area contributed by atoms with Gasteiger partial charge in [0.05, 0.1) is 5.56 Å². The molecule has 23 heavy (non-hydrogen) atoms. The molecule has 0 saturated carbocycles. The number of carbonyl (C=O) groups is 1. The van der Waals surface area contributed by atoms with Crippen molar-refractivity contribution in [1.29, 1.82) is 0 Å². The van der Waals surface area contributed by atoms with Gasteiger partial charge in [0.15, 0.2) is 5.78 Å². The molecule has 1 fully saturated rings. The Kier molecular flexibility index (Phi) is 5.37. The highest BCUT2D eigenvalue weighted by Gasteiger charge is 2.33. The summed E-state index contributed by atoms with van der Waals surface area (Å²) in [5.74, 6) is 0.834. The van der Waals surface area contributed by atoms with Crippen molar-refractivity contribution in [1.82, 2.24) is 0 Å². The number of Topliss-reactive ketones (excluding diaryl/α,β-unsaturated/α-hetero) is 1. The van der Waals surface area contributed by atoms with Gasteiger partial charge in [0, 0.05) is 24.3 Å². The Morgan fingerprint density at radius 2 is 2.04 bits per heavy atom. The maximum Gasteiger partial charge on any atom is 0.416 e. The predicted molar refractivity (Wildman–Crippen MR) is 85.8 cm³/mol. The molecular weight excluding hydrogens is 303 g/mol. The zero-order valence-corrected chi connectivity index (χ0v) is 13.9. The minimum absolute atomic E-state index is 0.195. The first kappa shape index (κ1) is 17.8. The first-order valence-electron chi connectivity index (χ1n) is 8.21. The number of hydrogen-bond donors (Lipinski definition) is 0. The van der Waals surface area contributed by atoms with Crippen molar-refractivity contribution in [3.05, 3.63) is 29.3 Å². The van der Waals surface area contributed by atoms with Gasteiger partial charge in [-0.3, -0.25) is 4.79 Å². The first-order valence-corrected chi connectivity index (χ1v) is 8.21. The molecule has 1 aromatic carbocycles. The lowest BCUT2D eigenvalue weighted by Gasteiger charge is -2.39. The van der Waals surface area contributed by atoms with Crippen molar-refractivity contribution in [2.45, 2.75) is 46.2 Å². The quantitative estimate of drug-likeness (QED) is 0.711. The lowest BCUT2D eigenvalue weighted by molar-refractivity contribution is -0.137. The van der Waals surface area contributed by atoms with E-state index in [2.05, 4.69) is 13.8 Å². The predicted octanol–water partition coefficient (Wildman–Crippen LogP) is 5.17. The Morgan fingerprint density at radius 1 is 1.35 bits per heavy atom. The van der Waals surface area contributed by atoms with Gasteiger partial charge in [0.2, 0.25) is 0 Å². The van der Waals surface area contributed by atoms with Gasteiger partial charge in [-0.15, -0.1) is 0 Å². The number of nitrogens with zero attached hydrogens (tertiary/aromatic N) is 1. The number of benzene rings is 1. The van der Waals surface area contributed by atoms with Crippen LogP contribution in [-0.4, -0.2) is 18.9 Å². The van der Waals surface area contributed by atoms with Crippen LogP contribution in [0.15, 0.2) is 18.2 Å². The van der Waals surface area contributed by atoms with E-state index in [1.807, 2.05) is 4.90 Å². The minimum atomic E-state index is -4.39. The van der Waals surface area contributed by atoms with Crippen LogP contribution in [0.2, 0.25) is 0 Å². The topological polar surface area (TPSA) is 20.3 Å². The Labute approximate surface area is 135 Å². The van der Waals surface area contributed by atoms with Gasteiger partial charge in [0.25, 0.3) is 0 Å². The molecule has 1 heterocycles. The highest BCUT2D eigenvalue weighted by Crippen LogP contribution is 2.36. The van der Waals surface area contributed by atoms with E-state index in [9.17, 15) is 18.0 Å². The van der Waals surface area contributed by atoms with E-state index < -0.39 is 11.7 Å². The molecule has 1 aliphatic heterocycles. The lowest BCUT2D eigenvalue weighted by atomic mass is 9.83. The number of hydrogen-bond acceptors (Lipinski definition) is 2. The van der Waals surface area contributed by atoms with Gasteiger partial charge < -0.3 is 4.90 Å². The Morgan fingerprint density at radius 3 is 2.61 bits per heavy atom. The summed E-state index contributed by atoms with van der Waals surface area (Å²) in [6.45, 7) is 7.15. The number of alkyl halides is 3. The van der Waals surface area contributed by atoms with E-state index in [0.717, 1.165) is 37.9 Å². The van der Waals surface area contributed by atoms with Crippen LogP contribution in [-0.2, 0) is 6.18 Å². The van der Waals surface area contributed by atoms with Gasteiger partial charge in [-0.2, -0.15) is 13.2 Å². The van der Waals surface area contributed by atoms with Crippen molar-refractivity contribution in [2.75, 3.05) is 18.0 Å². The number of ketones is 1. The number of piperidine rings is 1. The van der Waals surface area contributed by atoms with E-state index in [0.29, 0.717) is 29.6 Å². The van der Waals surface area contributed by atoms with Gasteiger partial charge in [-0.1, -0.05) is 20.3 Å². The largest absolute Gasteiger partial charge is 0.416 e. The fourth-order valence-electron chi connectivity index (χ4n) is 3.38. The monoisotopic (exact) mass is 327 g/mol. The standard InChI is InChI=1S/C18H24F3NO/c1-4-5-14-11-22(9-8-12(14)2)17-10-15(18(19,20)21)6-7-16(17)13(3)23/h6-7,10,12,14H,4-5,8-9,11H2,1-3H3. The molecule has 1 aliphatic rings. The zero-order valence-electron chi connectivity index (χ0n) is 13.9. The summed E-state index contributed by atoms with van der Waals surface area (Å²) in [6.07, 6.45) is -1.33. The van der Waals surface area contributed by atoms with E-state index in [1.54, 1.807) is 0 Å². The highest BCUT2D eigenvalue weighted by molar-refractivity contribution is 6.00. The summed E-state index contributed by atoms with van der Waals surface area (Å²) in [6, 6.07) is 3.44. The summed E-state index contributed by atoms with van der Waals surface area (Å²) in [4.78, 5) is 13.8. The van der Waals surface area contributed by atoms with Crippen LogP contribution in [0.3, 0.4) is 0 Å². The van der Waals surface area contributed by atoms with Gasteiger partial charge >= 0.3 is 6.18 Å². The SMILES string of the molecule is CCCC1CN(c2cc(C(F)(F)F)ccc2C(C)=O)CCC1C. The van der Waals surface area contributed by atoms with Crippen molar-refractivity contribution in [3.8, 4) is 0 Å². The molecule has 1 aromatic rings. The third kappa shape index (κ3) is 4.06. The summed E-state index contributed by atoms with van der Waals surface area (Å²) in [5.41, 5.74) is 0.117. The van der Waals surface area contributed by atoms with Gasteiger partial charge in [-0.25, -0.2) is 0 Å². The second-order valence-corrected chi connectivity index (χ2v) is 6.55. The normalized spacial score (nSPS) is 22.3.